The van der Waals surface area contributed by atoms with Gasteiger partial charge in [0.25, 0.3) is 5.69 Å². The van der Waals surface area contributed by atoms with Crippen LogP contribution in [0.5, 0.6) is 5.75 Å². The highest BCUT2D eigenvalue weighted by Gasteiger charge is 2.07. The molecule has 0 unspecified atom stereocenters. The number of phenolic OH excluding ortho intramolecular Hbond substituents is 1. The van der Waals surface area contributed by atoms with Gasteiger partial charge >= 0.3 is 0 Å². The molecule has 72 valence electrons. The predicted octanol–water partition coefficient (Wildman–Crippen LogP) is 2.98. The number of phenols is 1. The van der Waals surface area contributed by atoms with Gasteiger partial charge in [0.15, 0.2) is 0 Å². The number of benzene rings is 1. The fourth-order valence-corrected chi connectivity index (χ4v) is 0.784. The molecule has 1 rings (SSSR count). The molecule has 1 aromatic rings. The lowest BCUT2D eigenvalue weighted by Crippen LogP contribution is -1.86. The van der Waals surface area contributed by atoms with Crippen LogP contribution in [-0.4, -0.2) is 10.0 Å². The van der Waals surface area contributed by atoms with E-state index in [0.717, 1.165) is 6.07 Å². The standard InChI is InChI=1S/C6H4ClNO3.C2H6/c7-5-3-4(8(10)11)1-2-6(5)9;1-2/h1-3,9H;1-2H3. The largest absolute Gasteiger partial charge is 0.506 e. The van der Waals surface area contributed by atoms with Crippen LogP contribution in [0.1, 0.15) is 13.8 Å². The highest BCUT2D eigenvalue weighted by Crippen LogP contribution is 2.26. The van der Waals surface area contributed by atoms with E-state index in [-0.39, 0.29) is 16.5 Å². The molecular formula is C8H10ClNO3. The normalized spacial score (nSPS) is 8.54. The van der Waals surface area contributed by atoms with Crippen molar-refractivity contribution < 1.29 is 10.0 Å². The van der Waals surface area contributed by atoms with Gasteiger partial charge in [-0.25, -0.2) is 0 Å². The Morgan fingerprint density at radius 2 is 2.00 bits per heavy atom. The lowest BCUT2D eigenvalue weighted by Gasteiger charge is -1.94. The van der Waals surface area contributed by atoms with Crippen molar-refractivity contribution in [3.8, 4) is 5.75 Å². The molecule has 0 heterocycles. The second-order valence-corrected chi connectivity index (χ2v) is 2.30. The molecule has 1 N–H and O–H groups in total. The highest BCUT2D eigenvalue weighted by atomic mass is 35.5. The lowest BCUT2D eigenvalue weighted by atomic mass is 10.3. The van der Waals surface area contributed by atoms with E-state index in [1.54, 1.807) is 0 Å². The van der Waals surface area contributed by atoms with Crippen molar-refractivity contribution in [2.24, 2.45) is 0 Å². The molecule has 0 aliphatic carbocycles. The Morgan fingerprint density at radius 1 is 1.46 bits per heavy atom. The number of rotatable bonds is 1. The number of halogens is 1. The van der Waals surface area contributed by atoms with E-state index in [9.17, 15) is 10.1 Å². The minimum Gasteiger partial charge on any atom is -0.506 e. The van der Waals surface area contributed by atoms with Gasteiger partial charge in [-0.3, -0.25) is 10.1 Å². The van der Waals surface area contributed by atoms with Gasteiger partial charge in [0.2, 0.25) is 0 Å². The summed E-state index contributed by atoms with van der Waals surface area (Å²) in [5, 5.41) is 19.0. The monoisotopic (exact) mass is 203 g/mol. The summed E-state index contributed by atoms with van der Waals surface area (Å²) in [5.41, 5.74) is -0.132. The Labute approximate surface area is 80.9 Å². The number of hydrogen-bond acceptors (Lipinski definition) is 3. The van der Waals surface area contributed by atoms with Crippen LogP contribution in [0.4, 0.5) is 5.69 Å². The van der Waals surface area contributed by atoms with Gasteiger partial charge in [0.05, 0.1) is 9.95 Å². The van der Waals surface area contributed by atoms with E-state index in [1.165, 1.54) is 12.1 Å². The van der Waals surface area contributed by atoms with Crippen molar-refractivity contribution >= 4 is 17.3 Å². The molecule has 13 heavy (non-hydrogen) atoms. The summed E-state index contributed by atoms with van der Waals surface area (Å²) >= 11 is 5.40. The summed E-state index contributed by atoms with van der Waals surface area (Å²) < 4.78 is 0. The lowest BCUT2D eigenvalue weighted by molar-refractivity contribution is -0.384. The zero-order valence-electron chi connectivity index (χ0n) is 7.32. The minimum atomic E-state index is -0.578. The second-order valence-electron chi connectivity index (χ2n) is 1.89. The van der Waals surface area contributed by atoms with Crippen LogP contribution in [0.2, 0.25) is 5.02 Å². The minimum absolute atomic E-state index is 0.0146. The third kappa shape index (κ3) is 3.29. The number of aromatic hydroxyl groups is 1. The van der Waals surface area contributed by atoms with E-state index in [4.69, 9.17) is 16.7 Å². The van der Waals surface area contributed by atoms with Gasteiger partial charge in [-0.15, -0.1) is 0 Å². The topological polar surface area (TPSA) is 63.4 Å². The number of non-ortho nitro benzene ring substituents is 1. The van der Waals surface area contributed by atoms with E-state index < -0.39 is 4.92 Å². The third-order valence-corrected chi connectivity index (χ3v) is 1.44. The highest BCUT2D eigenvalue weighted by molar-refractivity contribution is 6.32. The van der Waals surface area contributed by atoms with Gasteiger partial charge in [0.1, 0.15) is 5.75 Å². The number of nitrogens with zero attached hydrogens (tertiary/aromatic N) is 1. The van der Waals surface area contributed by atoms with Gasteiger partial charge in [-0.1, -0.05) is 25.4 Å². The fourth-order valence-electron chi connectivity index (χ4n) is 0.609. The fraction of sp³-hybridized carbons (Fsp3) is 0.250. The molecule has 0 radical (unpaired) electrons. The van der Waals surface area contributed by atoms with Crippen molar-refractivity contribution in [3.05, 3.63) is 33.3 Å². The van der Waals surface area contributed by atoms with Crippen molar-refractivity contribution in [1.82, 2.24) is 0 Å². The van der Waals surface area contributed by atoms with Crippen molar-refractivity contribution in [3.63, 3.8) is 0 Å². The first kappa shape index (κ1) is 11.7. The van der Waals surface area contributed by atoms with Crippen molar-refractivity contribution in [2.45, 2.75) is 13.8 Å². The summed E-state index contributed by atoms with van der Waals surface area (Å²) in [5.74, 6) is -0.155. The second kappa shape index (κ2) is 5.37. The van der Waals surface area contributed by atoms with Crippen molar-refractivity contribution in [1.29, 1.82) is 0 Å². The van der Waals surface area contributed by atoms with Crippen LogP contribution in [0.3, 0.4) is 0 Å². The Kier molecular flexibility index (Phi) is 4.84. The van der Waals surface area contributed by atoms with E-state index in [2.05, 4.69) is 0 Å². The van der Waals surface area contributed by atoms with Gasteiger partial charge in [-0.2, -0.15) is 0 Å². The molecule has 4 nitrogen and oxygen atoms in total. The zero-order chi connectivity index (χ0) is 10.4. The first-order valence-corrected chi connectivity index (χ1v) is 4.12. The predicted molar refractivity (Wildman–Crippen MR) is 51.1 cm³/mol. The maximum atomic E-state index is 10.1. The zero-order valence-corrected chi connectivity index (χ0v) is 8.08. The molecular weight excluding hydrogens is 194 g/mol. The van der Waals surface area contributed by atoms with Crippen LogP contribution in [-0.2, 0) is 0 Å². The summed E-state index contributed by atoms with van der Waals surface area (Å²) in [4.78, 5) is 9.55. The molecule has 0 amide bonds. The van der Waals surface area contributed by atoms with Gasteiger partial charge < -0.3 is 5.11 Å². The SMILES string of the molecule is CC.O=[N+]([O-])c1ccc(O)c(Cl)c1. The van der Waals surface area contributed by atoms with Crippen molar-refractivity contribution in [2.75, 3.05) is 0 Å². The van der Waals surface area contributed by atoms with Gasteiger partial charge in [-0.05, 0) is 6.07 Å². The maximum Gasteiger partial charge on any atom is 0.271 e. The first-order valence-electron chi connectivity index (χ1n) is 3.74. The molecule has 0 bridgehead atoms. The van der Waals surface area contributed by atoms with Crippen LogP contribution in [0.25, 0.3) is 0 Å². The van der Waals surface area contributed by atoms with E-state index in [0.29, 0.717) is 0 Å². The quantitative estimate of drug-likeness (QED) is 0.564. The summed E-state index contributed by atoms with van der Waals surface area (Å²) in [6.45, 7) is 4.00. The number of hydrogen-bond donors (Lipinski definition) is 1. The molecule has 0 aliphatic rings. The molecule has 0 fully saturated rings. The molecule has 0 atom stereocenters. The Balaban J connectivity index is 0.000000671. The van der Waals surface area contributed by atoms with Crippen LogP contribution in [0, 0.1) is 10.1 Å². The summed E-state index contributed by atoms with van der Waals surface area (Å²) in [6.07, 6.45) is 0. The number of nitro benzene ring substituents is 1. The summed E-state index contributed by atoms with van der Waals surface area (Å²) in [6, 6.07) is 3.46. The summed E-state index contributed by atoms with van der Waals surface area (Å²) in [7, 11) is 0. The molecule has 0 aromatic heterocycles. The molecule has 0 aliphatic heterocycles. The smallest absolute Gasteiger partial charge is 0.271 e. The van der Waals surface area contributed by atoms with Gasteiger partial charge in [0, 0.05) is 12.1 Å². The Hall–Kier alpha value is -1.29. The third-order valence-electron chi connectivity index (χ3n) is 1.14. The average molecular weight is 204 g/mol. The first-order chi connectivity index (χ1) is 6.11. The Bertz CT molecular complexity index is 301. The molecule has 1 aromatic carbocycles. The van der Waals surface area contributed by atoms with Crippen LogP contribution >= 0.6 is 11.6 Å². The molecule has 0 saturated heterocycles. The Morgan fingerprint density at radius 3 is 2.38 bits per heavy atom. The molecule has 0 saturated carbocycles. The molecule has 5 heteroatoms. The van der Waals surface area contributed by atoms with Crippen LogP contribution < -0.4 is 0 Å². The average Bonchev–Trinajstić information content (AvgIpc) is 2.13. The maximum absolute atomic E-state index is 10.1. The van der Waals surface area contributed by atoms with E-state index in [1.807, 2.05) is 13.8 Å². The van der Waals surface area contributed by atoms with E-state index >= 15 is 0 Å². The molecule has 0 spiro atoms. The number of nitro groups is 1. The van der Waals surface area contributed by atoms with Crippen LogP contribution in [0.15, 0.2) is 18.2 Å².